The normalized spacial score (nSPS) is 18.5. The van der Waals surface area contributed by atoms with Crippen molar-refractivity contribution in [2.45, 2.75) is 58.1 Å². The van der Waals surface area contributed by atoms with Crippen LogP contribution in [-0.2, 0) is 4.79 Å². The molecule has 0 spiro atoms. The molecule has 4 nitrogen and oxygen atoms in total. The minimum atomic E-state index is -0.445. The molecule has 0 fully saturated rings. The molecule has 0 bridgehead atoms. The first-order chi connectivity index (χ1) is 10.2. The zero-order valence-corrected chi connectivity index (χ0v) is 12.9. The molecule has 1 heterocycles. The molecule has 0 saturated heterocycles. The van der Waals surface area contributed by atoms with E-state index in [0.29, 0.717) is 13.0 Å². The van der Waals surface area contributed by atoms with Gasteiger partial charge in [0.15, 0.2) is 0 Å². The molecule has 1 aromatic carbocycles. The van der Waals surface area contributed by atoms with E-state index in [1.165, 1.54) is 0 Å². The molecule has 4 heteroatoms. The number of benzene rings is 1. The first-order valence-electron chi connectivity index (χ1n) is 7.89. The lowest BCUT2D eigenvalue weighted by Gasteiger charge is -2.27. The molecule has 1 amide bonds. The number of hydrogen-bond donors (Lipinski definition) is 2. The van der Waals surface area contributed by atoms with E-state index in [1.54, 1.807) is 0 Å². The maximum atomic E-state index is 11.6. The summed E-state index contributed by atoms with van der Waals surface area (Å²) in [6.45, 7) is 4.57. The minimum absolute atomic E-state index is 0.0143. The molecule has 0 saturated carbocycles. The van der Waals surface area contributed by atoms with Crippen molar-refractivity contribution in [1.29, 1.82) is 0 Å². The van der Waals surface area contributed by atoms with Gasteiger partial charge in [0.2, 0.25) is 5.91 Å². The molecule has 0 aromatic heterocycles. The van der Waals surface area contributed by atoms with Crippen molar-refractivity contribution in [2.24, 2.45) is 0 Å². The van der Waals surface area contributed by atoms with E-state index in [2.05, 4.69) is 12.2 Å². The van der Waals surface area contributed by atoms with Gasteiger partial charge in [-0.15, -0.1) is 0 Å². The molecule has 2 N–H and O–H groups in total. The number of fused-ring (bicyclic) bond motifs is 1. The number of rotatable bonds is 6. The van der Waals surface area contributed by atoms with E-state index >= 15 is 0 Å². The van der Waals surface area contributed by atoms with Gasteiger partial charge in [0, 0.05) is 18.4 Å². The lowest BCUT2D eigenvalue weighted by atomic mass is 9.95. The van der Waals surface area contributed by atoms with Gasteiger partial charge in [0.05, 0.1) is 18.8 Å². The lowest BCUT2D eigenvalue weighted by molar-refractivity contribution is -0.121. The second-order valence-corrected chi connectivity index (χ2v) is 5.57. The number of carbonyl (C=O) groups is 1. The number of hydrogen-bond acceptors (Lipinski definition) is 3. The van der Waals surface area contributed by atoms with Gasteiger partial charge in [-0.25, -0.2) is 0 Å². The van der Waals surface area contributed by atoms with Gasteiger partial charge < -0.3 is 15.2 Å². The molecule has 2 rings (SSSR count). The summed E-state index contributed by atoms with van der Waals surface area (Å²) in [5.41, 5.74) is 1.89. The molecular weight excluding hydrogens is 266 g/mol. The highest BCUT2D eigenvalue weighted by Crippen LogP contribution is 2.34. The zero-order valence-electron chi connectivity index (χ0n) is 12.9. The van der Waals surface area contributed by atoms with Crippen LogP contribution in [0.3, 0.4) is 0 Å². The Balaban J connectivity index is 2.18. The third kappa shape index (κ3) is 3.97. The van der Waals surface area contributed by atoms with Crippen LogP contribution in [0, 0.1) is 0 Å². The van der Waals surface area contributed by atoms with Crippen LogP contribution in [0.4, 0.5) is 0 Å². The smallest absolute Gasteiger partial charge is 0.220 e. The van der Waals surface area contributed by atoms with Gasteiger partial charge in [0.1, 0.15) is 5.75 Å². The Morgan fingerprint density at radius 1 is 1.48 bits per heavy atom. The van der Waals surface area contributed by atoms with Crippen LogP contribution in [0.2, 0.25) is 0 Å². The maximum absolute atomic E-state index is 11.6. The van der Waals surface area contributed by atoms with Crippen molar-refractivity contribution in [1.82, 2.24) is 5.32 Å². The highest BCUT2D eigenvalue weighted by atomic mass is 16.5. The molecule has 1 aliphatic rings. The molecule has 1 aromatic rings. The van der Waals surface area contributed by atoms with Gasteiger partial charge >= 0.3 is 0 Å². The van der Waals surface area contributed by atoms with Crippen LogP contribution >= 0.6 is 0 Å². The van der Waals surface area contributed by atoms with E-state index in [-0.39, 0.29) is 11.9 Å². The fourth-order valence-corrected chi connectivity index (χ4v) is 2.63. The summed E-state index contributed by atoms with van der Waals surface area (Å²) in [4.78, 5) is 11.6. The number of aliphatic hydroxyl groups excluding tert-OH is 1. The Kier molecular flexibility index (Phi) is 5.62. The van der Waals surface area contributed by atoms with Crippen molar-refractivity contribution in [3.05, 3.63) is 29.3 Å². The van der Waals surface area contributed by atoms with E-state index in [1.807, 2.05) is 25.1 Å². The van der Waals surface area contributed by atoms with E-state index < -0.39 is 6.10 Å². The number of aliphatic hydroxyl groups is 1. The minimum Gasteiger partial charge on any atom is -0.493 e. The molecule has 116 valence electrons. The highest BCUT2D eigenvalue weighted by molar-refractivity contribution is 5.76. The monoisotopic (exact) mass is 291 g/mol. The largest absolute Gasteiger partial charge is 0.493 e. The van der Waals surface area contributed by atoms with Gasteiger partial charge in [-0.1, -0.05) is 32.8 Å². The van der Waals surface area contributed by atoms with Gasteiger partial charge in [0.25, 0.3) is 0 Å². The first kappa shape index (κ1) is 15.8. The van der Waals surface area contributed by atoms with E-state index in [4.69, 9.17) is 4.74 Å². The molecule has 2 atom stereocenters. The molecule has 2 unspecified atom stereocenters. The predicted molar refractivity (Wildman–Crippen MR) is 82.2 cm³/mol. The highest BCUT2D eigenvalue weighted by Gasteiger charge is 2.23. The molecule has 21 heavy (non-hydrogen) atoms. The van der Waals surface area contributed by atoms with Crippen molar-refractivity contribution in [2.75, 3.05) is 6.61 Å². The summed E-state index contributed by atoms with van der Waals surface area (Å²) in [6.07, 6.45) is 3.64. The fraction of sp³-hybridized carbons (Fsp3) is 0.588. The Labute approximate surface area is 126 Å². The predicted octanol–water partition coefficient (Wildman–Crippen LogP) is 3.26. The van der Waals surface area contributed by atoms with Crippen LogP contribution < -0.4 is 10.1 Å². The van der Waals surface area contributed by atoms with Gasteiger partial charge in [-0.05, 0) is 24.1 Å². The van der Waals surface area contributed by atoms with Crippen LogP contribution in [0.5, 0.6) is 5.75 Å². The summed E-state index contributed by atoms with van der Waals surface area (Å²) in [5, 5.41) is 13.3. The number of nitrogens with one attached hydrogen (secondary N) is 1. The Bertz CT molecular complexity index is 487. The zero-order chi connectivity index (χ0) is 15.2. The number of amides is 1. The Hall–Kier alpha value is -1.55. The summed E-state index contributed by atoms with van der Waals surface area (Å²) >= 11 is 0. The third-order valence-corrected chi connectivity index (χ3v) is 3.95. The SMILES string of the molecule is CCCCC(O)c1ccc2c(c1)C(NC(=O)CC)CCO2. The number of ether oxygens (including phenoxy) is 1. The average Bonchev–Trinajstić information content (AvgIpc) is 2.52. The Morgan fingerprint density at radius 3 is 3.00 bits per heavy atom. The summed E-state index contributed by atoms with van der Waals surface area (Å²) in [7, 11) is 0. The second-order valence-electron chi connectivity index (χ2n) is 5.57. The summed E-state index contributed by atoms with van der Waals surface area (Å²) in [5.74, 6) is 0.860. The Morgan fingerprint density at radius 2 is 2.29 bits per heavy atom. The topological polar surface area (TPSA) is 58.6 Å². The average molecular weight is 291 g/mol. The third-order valence-electron chi connectivity index (χ3n) is 3.95. The van der Waals surface area contributed by atoms with Crippen molar-refractivity contribution >= 4 is 5.91 Å². The van der Waals surface area contributed by atoms with Crippen molar-refractivity contribution in [3.8, 4) is 5.75 Å². The maximum Gasteiger partial charge on any atom is 0.220 e. The standard InChI is InChI=1S/C17H25NO3/c1-3-5-6-15(19)12-7-8-16-13(11-12)14(9-10-21-16)18-17(20)4-2/h7-8,11,14-15,19H,3-6,9-10H2,1-2H3,(H,18,20). The van der Waals surface area contributed by atoms with Gasteiger partial charge in [-0.2, -0.15) is 0 Å². The number of unbranched alkanes of at least 4 members (excludes halogenated alkanes) is 1. The lowest BCUT2D eigenvalue weighted by Crippen LogP contribution is -2.31. The van der Waals surface area contributed by atoms with Gasteiger partial charge in [-0.3, -0.25) is 4.79 Å². The molecule has 1 aliphatic heterocycles. The molecular formula is C17H25NO3. The molecule has 0 radical (unpaired) electrons. The molecule has 0 aliphatic carbocycles. The van der Waals surface area contributed by atoms with Crippen LogP contribution in [0.1, 0.15) is 69.2 Å². The van der Waals surface area contributed by atoms with Crippen molar-refractivity contribution < 1.29 is 14.6 Å². The van der Waals surface area contributed by atoms with E-state index in [0.717, 1.165) is 42.6 Å². The fourth-order valence-electron chi connectivity index (χ4n) is 2.63. The summed E-state index contributed by atoms with van der Waals surface area (Å²) in [6, 6.07) is 5.79. The first-order valence-corrected chi connectivity index (χ1v) is 7.89. The van der Waals surface area contributed by atoms with Crippen molar-refractivity contribution in [3.63, 3.8) is 0 Å². The van der Waals surface area contributed by atoms with Crippen LogP contribution in [0.15, 0.2) is 18.2 Å². The van der Waals surface area contributed by atoms with Crippen LogP contribution in [-0.4, -0.2) is 17.6 Å². The van der Waals surface area contributed by atoms with Crippen LogP contribution in [0.25, 0.3) is 0 Å². The van der Waals surface area contributed by atoms with E-state index in [9.17, 15) is 9.90 Å². The summed E-state index contributed by atoms with van der Waals surface area (Å²) < 4.78 is 5.65. The second kappa shape index (κ2) is 7.46. The quantitative estimate of drug-likeness (QED) is 0.845. The number of carbonyl (C=O) groups excluding carboxylic acids is 1.